The summed E-state index contributed by atoms with van der Waals surface area (Å²) in [4.78, 5) is 23.7. The third-order valence-electron chi connectivity index (χ3n) is 3.06. The van der Waals surface area contributed by atoms with Crippen LogP contribution in [0, 0.1) is 0 Å². The number of carbonyl (C=O) groups is 2. The Morgan fingerprint density at radius 3 is 2.25 bits per heavy atom. The van der Waals surface area contributed by atoms with Crippen molar-refractivity contribution in [3.63, 3.8) is 0 Å². The Bertz CT molecular complexity index is 414. The highest BCUT2D eigenvalue weighted by Gasteiger charge is 2.47. The lowest BCUT2D eigenvalue weighted by atomic mass is 9.97. The van der Waals surface area contributed by atoms with Gasteiger partial charge in [0, 0.05) is 25.6 Å². The summed E-state index contributed by atoms with van der Waals surface area (Å²) in [5.41, 5.74) is 0.637. The number of hydrogen-bond donors (Lipinski definition) is 1. The summed E-state index contributed by atoms with van der Waals surface area (Å²) in [7, 11) is 0. The normalized spacial score (nSPS) is 23.2. The van der Waals surface area contributed by atoms with Gasteiger partial charge in [0.1, 0.15) is 6.04 Å². The van der Waals surface area contributed by atoms with Crippen LogP contribution in [0.5, 0.6) is 0 Å². The molecule has 0 aliphatic carbocycles. The number of carbonyl (C=O) groups excluding carboxylic acids is 2. The molecule has 0 saturated carbocycles. The third kappa shape index (κ3) is 4.54. The van der Waals surface area contributed by atoms with Crippen molar-refractivity contribution in [2.45, 2.75) is 51.9 Å². The molecule has 0 aromatic carbocycles. The molecule has 1 aliphatic heterocycles. The van der Waals surface area contributed by atoms with E-state index in [-0.39, 0.29) is 25.3 Å². The summed E-state index contributed by atoms with van der Waals surface area (Å²) in [6, 6.07) is -2.21. The number of amides is 2. The molecule has 0 bridgehead atoms. The van der Waals surface area contributed by atoms with Crippen LogP contribution in [0.4, 0.5) is 13.2 Å². The number of nitrogens with one attached hydrogen (secondary N) is 1. The van der Waals surface area contributed by atoms with Gasteiger partial charge >= 0.3 is 6.18 Å². The van der Waals surface area contributed by atoms with Crippen molar-refractivity contribution < 1.29 is 22.8 Å². The molecule has 1 heterocycles. The first-order chi connectivity index (χ1) is 9.11. The van der Waals surface area contributed by atoms with Crippen LogP contribution < -0.4 is 5.32 Å². The van der Waals surface area contributed by atoms with Gasteiger partial charge < -0.3 is 10.2 Å². The molecule has 1 fully saturated rings. The Hall–Kier alpha value is -1.53. The maximum Gasteiger partial charge on any atom is 0.408 e. The highest BCUT2D eigenvalue weighted by molar-refractivity contribution is 5.88. The quantitative estimate of drug-likeness (QED) is 0.792. The highest BCUT2D eigenvalue weighted by atomic mass is 19.4. The summed E-state index contributed by atoms with van der Waals surface area (Å²) in [5.74, 6) is -0.975. The first-order valence-corrected chi connectivity index (χ1v) is 6.40. The molecule has 114 valence electrons. The topological polar surface area (TPSA) is 49.4 Å². The monoisotopic (exact) mass is 292 g/mol. The van der Waals surface area contributed by atoms with E-state index < -0.39 is 24.2 Å². The van der Waals surface area contributed by atoms with E-state index in [0.29, 0.717) is 5.57 Å². The molecule has 0 spiro atoms. The van der Waals surface area contributed by atoms with E-state index in [1.807, 2.05) is 0 Å². The standard InChI is InChI=1S/C13H19F3N2O2/c1-8(2)6-12(20)18-7-10(17-9(3)19)4-5-11(18)13(14,15)16/h6,10-11H,4-5,7H2,1-3H3,(H,17,19)/t10-,11-/m1/s1. The molecule has 4 nitrogen and oxygen atoms in total. The van der Waals surface area contributed by atoms with Gasteiger partial charge in [-0.05, 0) is 26.7 Å². The molecule has 0 unspecified atom stereocenters. The van der Waals surface area contributed by atoms with E-state index in [1.54, 1.807) is 13.8 Å². The van der Waals surface area contributed by atoms with Crippen molar-refractivity contribution in [1.29, 1.82) is 0 Å². The van der Waals surface area contributed by atoms with E-state index in [0.717, 1.165) is 4.90 Å². The van der Waals surface area contributed by atoms with E-state index in [4.69, 9.17) is 0 Å². The van der Waals surface area contributed by atoms with Gasteiger partial charge in [0.05, 0.1) is 0 Å². The SMILES string of the molecule is CC(=O)N[C@@H]1CC[C@H](C(F)(F)F)N(C(=O)C=C(C)C)C1. The molecular weight excluding hydrogens is 273 g/mol. The molecule has 7 heteroatoms. The van der Waals surface area contributed by atoms with Gasteiger partial charge in [-0.15, -0.1) is 0 Å². The predicted octanol–water partition coefficient (Wildman–Crippen LogP) is 2.01. The van der Waals surface area contributed by atoms with Crippen LogP contribution >= 0.6 is 0 Å². The molecule has 0 aromatic heterocycles. The minimum atomic E-state index is -4.45. The fraction of sp³-hybridized carbons (Fsp3) is 0.692. The second-order valence-electron chi connectivity index (χ2n) is 5.24. The highest BCUT2D eigenvalue weighted by Crippen LogP contribution is 2.32. The molecule has 2 amide bonds. The van der Waals surface area contributed by atoms with Crippen LogP contribution in [-0.2, 0) is 9.59 Å². The van der Waals surface area contributed by atoms with Gasteiger partial charge in [-0.3, -0.25) is 9.59 Å². The Morgan fingerprint density at radius 2 is 1.80 bits per heavy atom. The van der Waals surface area contributed by atoms with Crippen LogP contribution in [0.2, 0.25) is 0 Å². The third-order valence-corrected chi connectivity index (χ3v) is 3.06. The second-order valence-corrected chi connectivity index (χ2v) is 5.24. The maximum atomic E-state index is 13.0. The smallest absolute Gasteiger partial charge is 0.352 e. The summed E-state index contributed by atoms with van der Waals surface area (Å²) >= 11 is 0. The molecule has 1 rings (SSSR count). The summed E-state index contributed by atoms with van der Waals surface area (Å²) in [6.45, 7) is 4.48. The predicted molar refractivity (Wildman–Crippen MR) is 67.8 cm³/mol. The Labute approximate surface area is 116 Å². The Morgan fingerprint density at radius 1 is 1.20 bits per heavy atom. The van der Waals surface area contributed by atoms with E-state index in [9.17, 15) is 22.8 Å². The van der Waals surface area contributed by atoms with Crippen LogP contribution in [0.25, 0.3) is 0 Å². The molecular formula is C13H19F3N2O2. The van der Waals surface area contributed by atoms with E-state index in [2.05, 4.69) is 5.32 Å². The first kappa shape index (κ1) is 16.5. The molecule has 1 N–H and O–H groups in total. The Kier molecular flexibility index (Phi) is 5.19. The average Bonchev–Trinajstić information content (AvgIpc) is 2.25. The summed E-state index contributed by atoms with van der Waals surface area (Å²) in [6.07, 6.45) is -3.25. The van der Waals surface area contributed by atoms with Crippen molar-refractivity contribution in [2.75, 3.05) is 6.54 Å². The molecule has 0 radical (unpaired) electrons. The van der Waals surface area contributed by atoms with E-state index >= 15 is 0 Å². The zero-order chi connectivity index (χ0) is 15.5. The van der Waals surface area contributed by atoms with Gasteiger partial charge in [-0.2, -0.15) is 13.2 Å². The molecule has 20 heavy (non-hydrogen) atoms. The molecule has 2 atom stereocenters. The van der Waals surface area contributed by atoms with Gasteiger partial charge in [0.25, 0.3) is 0 Å². The fourth-order valence-corrected chi connectivity index (χ4v) is 2.29. The van der Waals surface area contributed by atoms with Crippen molar-refractivity contribution in [2.24, 2.45) is 0 Å². The van der Waals surface area contributed by atoms with Crippen LogP contribution in [0.3, 0.4) is 0 Å². The van der Waals surface area contributed by atoms with Crippen molar-refractivity contribution in [3.8, 4) is 0 Å². The first-order valence-electron chi connectivity index (χ1n) is 6.40. The fourth-order valence-electron chi connectivity index (χ4n) is 2.29. The van der Waals surface area contributed by atoms with Gasteiger partial charge in [-0.1, -0.05) is 5.57 Å². The number of alkyl halides is 3. The van der Waals surface area contributed by atoms with Crippen molar-refractivity contribution in [3.05, 3.63) is 11.6 Å². The van der Waals surface area contributed by atoms with Crippen molar-refractivity contribution >= 4 is 11.8 Å². The molecule has 1 aliphatic rings. The lowest BCUT2D eigenvalue weighted by Crippen LogP contribution is -2.57. The van der Waals surface area contributed by atoms with Crippen molar-refractivity contribution in [1.82, 2.24) is 10.2 Å². The number of likely N-dealkylation sites (tertiary alicyclic amines) is 1. The largest absolute Gasteiger partial charge is 0.408 e. The molecule has 1 saturated heterocycles. The lowest BCUT2D eigenvalue weighted by molar-refractivity contribution is -0.195. The van der Waals surface area contributed by atoms with Crippen LogP contribution in [-0.4, -0.2) is 41.5 Å². The van der Waals surface area contributed by atoms with Gasteiger partial charge in [-0.25, -0.2) is 0 Å². The van der Waals surface area contributed by atoms with Crippen LogP contribution in [0.15, 0.2) is 11.6 Å². The number of piperidine rings is 1. The number of hydrogen-bond acceptors (Lipinski definition) is 2. The van der Waals surface area contributed by atoms with Gasteiger partial charge in [0.2, 0.25) is 11.8 Å². The van der Waals surface area contributed by atoms with Gasteiger partial charge in [0.15, 0.2) is 0 Å². The Balaban J connectivity index is 2.91. The van der Waals surface area contributed by atoms with E-state index in [1.165, 1.54) is 13.0 Å². The zero-order valence-corrected chi connectivity index (χ0v) is 11.8. The second kappa shape index (κ2) is 6.28. The molecule has 0 aromatic rings. The summed E-state index contributed by atoms with van der Waals surface area (Å²) in [5, 5.41) is 2.57. The number of halogens is 3. The van der Waals surface area contributed by atoms with Crippen LogP contribution in [0.1, 0.15) is 33.6 Å². The average molecular weight is 292 g/mol. The maximum absolute atomic E-state index is 13.0. The minimum absolute atomic E-state index is 0.119. The number of nitrogens with zero attached hydrogens (tertiary/aromatic N) is 1. The summed E-state index contributed by atoms with van der Waals surface area (Å²) < 4.78 is 38.9. The zero-order valence-electron chi connectivity index (χ0n) is 11.8. The minimum Gasteiger partial charge on any atom is -0.352 e. The number of rotatable bonds is 2. The number of allylic oxidation sites excluding steroid dienone is 1. The lowest BCUT2D eigenvalue weighted by Gasteiger charge is -2.40.